The molecule has 0 N–H and O–H groups in total. The van der Waals surface area contributed by atoms with Gasteiger partial charge in [0.15, 0.2) is 5.13 Å². The van der Waals surface area contributed by atoms with Gasteiger partial charge in [0.2, 0.25) is 10.0 Å². The van der Waals surface area contributed by atoms with Crippen LogP contribution < -0.4 is 4.90 Å². The fourth-order valence-electron chi connectivity index (χ4n) is 3.72. The second-order valence-electron chi connectivity index (χ2n) is 8.28. The number of aromatic nitrogens is 2. The number of thiazole rings is 1. The summed E-state index contributed by atoms with van der Waals surface area (Å²) in [5, 5.41) is 0.536. The summed E-state index contributed by atoms with van der Waals surface area (Å²) in [6.45, 7) is 1.14. The molecule has 0 spiro atoms. The van der Waals surface area contributed by atoms with Crippen molar-refractivity contribution in [3.05, 3.63) is 82.6 Å². The number of hydrogen-bond acceptors (Lipinski definition) is 8. The molecule has 4 aromatic rings. The van der Waals surface area contributed by atoms with E-state index in [1.807, 2.05) is 30.3 Å². The van der Waals surface area contributed by atoms with Crippen LogP contribution in [0.2, 0.25) is 0 Å². The Morgan fingerprint density at radius 2 is 1.74 bits per heavy atom. The van der Waals surface area contributed by atoms with Crippen LogP contribution in [0, 0.1) is 0 Å². The lowest BCUT2D eigenvalue weighted by molar-refractivity contribution is 0.0985. The van der Waals surface area contributed by atoms with Crippen molar-refractivity contribution in [3.63, 3.8) is 0 Å². The Kier molecular flexibility index (Phi) is 9.58. The van der Waals surface area contributed by atoms with Crippen LogP contribution in [-0.4, -0.2) is 69.1 Å². The number of carbonyl (C=O) groups is 1. The van der Waals surface area contributed by atoms with Gasteiger partial charge < -0.3 is 9.47 Å². The van der Waals surface area contributed by atoms with Crippen molar-refractivity contribution in [2.75, 3.05) is 45.4 Å². The number of fused-ring (bicyclic) bond motifs is 1. The molecule has 0 unspecified atom stereocenters. The van der Waals surface area contributed by atoms with Crippen molar-refractivity contribution in [3.8, 4) is 0 Å². The number of hydrogen-bond donors (Lipinski definition) is 0. The summed E-state index contributed by atoms with van der Waals surface area (Å²) in [5.74, 6) is -0.299. The average Bonchev–Trinajstić information content (AvgIpc) is 3.35. The van der Waals surface area contributed by atoms with Gasteiger partial charge in [-0.1, -0.05) is 33.3 Å². The minimum absolute atomic E-state index is 0.0879. The molecule has 0 radical (unpaired) electrons. The third-order valence-corrected chi connectivity index (χ3v) is 9.15. The van der Waals surface area contributed by atoms with E-state index in [4.69, 9.17) is 14.5 Å². The average molecular weight is 620 g/mol. The number of pyridine rings is 1. The largest absolute Gasteiger partial charge is 0.383 e. The molecule has 1 amide bonds. The Bertz CT molecular complexity index is 1470. The summed E-state index contributed by atoms with van der Waals surface area (Å²) in [6.07, 6.45) is 3.38. The molecule has 0 bridgehead atoms. The van der Waals surface area contributed by atoms with Crippen molar-refractivity contribution in [1.82, 2.24) is 14.3 Å². The van der Waals surface area contributed by atoms with Crippen LogP contribution in [0.15, 0.2) is 76.4 Å². The molecule has 2 aromatic heterocycles. The minimum atomic E-state index is -3.80. The van der Waals surface area contributed by atoms with E-state index in [9.17, 15) is 13.2 Å². The highest BCUT2D eigenvalue weighted by Crippen LogP contribution is 2.32. The molecule has 2 aromatic carbocycles. The molecule has 0 saturated carbocycles. The highest BCUT2D eigenvalue weighted by Gasteiger charge is 2.26. The molecule has 2 heterocycles. The fourth-order valence-corrected chi connectivity index (χ4v) is 6.64. The van der Waals surface area contributed by atoms with Crippen molar-refractivity contribution in [1.29, 1.82) is 0 Å². The molecule has 0 aliphatic heterocycles. The van der Waals surface area contributed by atoms with Crippen LogP contribution in [0.25, 0.3) is 10.2 Å². The second-order valence-corrected chi connectivity index (χ2v) is 12.1. The van der Waals surface area contributed by atoms with Crippen LogP contribution in [-0.2, 0) is 26.0 Å². The lowest BCUT2D eigenvalue weighted by Gasteiger charge is -2.22. The normalized spacial score (nSPS) is 11.8. The number of anilines is 1. The van der Waals surface area contributed by atoms with Gasteiger partial charge in [0, 0.05) is 49.7 Å². The first-order valence-electron chi connectivity index (χ1n) is 11.7. The van der Waals surface area contributed by atoms with Gasteiger partial charge in [-0.3, -0.25) is 14.7 Å². The number of ether oxygens (including phenoxy) is 2. The van der Waals surface area contributed by atoms with E-state index in [0.29, 0.717) is 10.7 Å². The predicted molar refractivity (Wildman–Crippen MR) is 151 cm³/mol. The van der Waals surface area contributed by atoms with Crippen molar-refractivity contribution < 1.29 is 22.7 Å². The summed E-state index contributed by atoms with van der Waals surface area (Å²) in [4.78, 5) is 24.3. The van der Waals surface area contributed by atoms with Crippen LogP contribution in [0.4, 0.5) is 5.13 Å². The minimum Gasteiger partial charge on any atom is -0.383 e. The first-order chi connectivity index (χ1) is 18.3. The van der Waals surface area contributed by atoms with E-state index in [-0.39, 0.29) is 43.7 Å². The fraction of sp³-hybridized carbons (Fsp3) is 0.269. The predicted octanol–water partition coefficient (Wildman–Crippen LogP) is 4.58. The third-order valence-electron chi connectivity index (χ3n) is 5.71. The van der Waals surface area contributed by atoms with Crippen molar-refractivity contribution in [2.24, 2.45) is 0 Å². The van der Waals surface area contributed by atoms with Crippen LogP contribution in [0.1, 0.15) is 15.9 Å². The summed E-state index contributed by atoms with van der Waals surface area (Å²) in [7, 11) is -0.771. The highest BCUT2D eigenvalue weighted by atomic mass is 79.9. The molecule has 0 aliphatic rings. The number of carbonyl (C=O) groups excluding carboxylic acids is 1. The van der Waals surface area contributed by atoms with Crippen molar-refractivity contribution >= 4 is 58.5 Å². The molecule has 0 fully saturated rings. The number of nitrogens with zero attached hydrogens (tertiary/aromatic N) is 4. The highest BCUT2D eigenvalue weighted by molar-refractivity contribution is 9.10. The lowest BCUT2D eigenvalue weighted by atomic mass is 10.2. The van der Waals surface area contributed by atoms with Gasteiger partial charge in [0.1, 0.15) is 0 Å². The summed E-state index contributed by atoms with van der Waals surface area (Å²) in [5.41, 5.74) is 1.96. The van der Waals surface area contributed by atoms with E-state index in [1.54, 1.807) is 17.3 Å². The van der Waals surface area contributed by atoms with Gasteiger partial charge in [0.05, 0.1) is 34.9 Å². The van der Waals surface area contributed by atoms with Gasteiger partial charge >= 0.3 is 0 Å². The van der Waals surface area contributed by atoms with E-state index in [2.05, 4.69) is 20.9 Å². The Balaban J connectivity index is 1.64. The Morgan fingerprint density at radius 3 is 2.37 bits per heavy atom. The zero-order valence-electron chi connectivity index (χ0n) is 20.9. The van der Waals surface area contributed by atoms with Gasteiger partial charge in [-0.05, 0) is 54.1 Å². The molecular weight excluding hydrogens is 592 g/mol. The maximum absolute atomic E-state index is 13.7. The first kappa shape index (κ1) is 28.3. The molecule has 0 atom stereocenters. The number of rotatable bonds is 12. The lowest BCUT2D eigenvalue weighted by Crippen LogP contribution is -2.36. The standard InChI is InChI=1S/C26H27BrN4O5S2/c1-35-14-12-30(13-15-36-2)38(33,34)22-8-5-20(6-9-22)25(32)31(18-19-4-3-11-28-17-19)26-29-23-10-7-21(27)16-24(23)37-26/h3-11,16-17H,12-15,18H2,1-2H3. The molecular formula is C26H27BrN4O5S2. The quantitative estimate of drug-likeness (QED) is 0.229. The van der Waals surface area contributed by atoms with E-state index < -0.39 is 10.0 Å². The number of amides is 1. The Labute approximate surface area is 234 Å². The van der Waals surface area contributed by atoms with Gasteiger partial charge in [-0.25, -0.2) is 13.4 Å². The van der Waals surface area contributed by atoms with E-state index in [0.717, 1.165) is 20.3 Å². The number of halogens is 1. The van der Waals surface area contributed by atoms with Gasteiger partial charge in [-0.2, -0.15) is 4.31 Å². The zero-order valence-corrected chi connectivity index (χ0v) is 24.1. The maximum Gasteiger partial charge on any atom is 0.260 e. The molecule has 12 heteroatoms. The zero-order chi connectivity index (χ0) is 27.1. The summed E-state index contributed by atoms with van der Waals surface area (Å²) in [6, 6.07) is 15.4. The van der Waals surface area contributed by atoms with Crippen LogP contribution in [0.3, 0.4) is 0 Å². The maximum atomic E-state index is 13.7. The van der Waals surface area contributed by atoms with Crippen molar-refractivity contribution in [2.45, 2.75) is 11.4 Å². The number of methoxy groups -OCH3 is 2. The van der Waals surface area contributed by atoms with E-state index >= 15 is 0 Å². The number of sulfonamides is 1. The molecule has 0 saturated heterocycles. The number of benzene rings is 2. The smallest absolute Gasteiger partial charge is 0.260 e. The Morgan fingerprint density at radius 1 is 1.03 bits per heavy atom. The SMILES string of the molecule is COCCN(CCOC)S(=O)(=O)c1ccc(C(=O)N(Cc2cccnc2)c2nc3ccc(Br)cc3s2)cc1. The molecule has 38 heavy (non-hydrogen) atoms. The van der Waals surface area contributed by atoms with Crippen LogP contribution >= 0.6 is 27.3 Å². The second kappa shape index (κ2) is 12.9. The van der Waals surface area contributed by atoms with Gasteiger partial charge in [0.25, 0.3) is 5.91 Å². The first-order valence-corrected chi connectivity index (χ1v) is 14.7. The Hall–Kier alpha value is -2.74. The topological polar surface area (TPSA) is 102 Å². The summed E-state index contributed by atoms with van der Waals surface area (Å²) >= 11 is 4.89. The van der Waals surface area contributed by atoms with Crippen LogP contribution in [0.5, 0.6) is 0 Å². The monoisotopic (exact) mass is 618 g/mol. The van der Waals surface area contributed by atoms with E-state index in [1.165, 1.54) is 54.1 Å². The molecule has 4 rings (SSSR count). The third kappa shape index (κ3) is 6.63. The molecule has 0 aliphatic carbocycles. The molecule has 200 valence electrons. The molecule has 9 nitrogen and oxygen atoms in total. The summed E-state index contributed by atoms with van der Waals surface area (Å²) < 4.78 is 39.8. The van der Waals surface area contributed by atoms with Gasteiger partial charge in [-0.15, -0.1) is 0 Å².